The molecule has 0 aliphatic carbocycles. The molecule has 2 heterocycles. The van der Waals surface area contributed by atoms with E-state index >= 15 is 0 Å². The predicted octanol–water partition coefficient (Wildman–Crippen LogP) is 3.52. The van der Waals surface area contributed by atoms with Gasteiger partial charge in [0.05, 0.1) is 17.5 Å². The van der Waals surface area contributed by atoms with Gasteiger partial charge in [0, 0.05) is 12.6 Å². The van der Waals surface area contributed by atoms with E-state index in [0.717, 1.165) is 35.3 Å². The highest BCUT2D eigenvalue weighted by Crippen LogP contribution is 2.27. The Bertz CT molecular complexity index is 406. The van der Waals surface area contributed by atoms with Crippen molar-refractivity contribution >= 4 is 21.6 Å². The number of rotatable bonds is 2. The van der Waals surface area contributed by atoms with E-state index in [1.165, 1.54) is 0 Å². The Morgan fingerprint density at radius 3 is 2.94 bits per heavy atom. The van der Waals surface area contributed by atoms with Crippen LogP contribution in [0.1, 0.15) is 32.3 Å². The average Bonchev–Trinajstić information content (AvgIpc) is 2.22. The van der Waals surface area contributed by atoms with Gasteiger partial charge in [-0.2, -0.15) is 0 Å². The Kier molecular flexibility index (Phi) is 3.73. The summed E-state index contributed by atoms with van der Waals surface area (Å²) in [5.41, 5.74) is 2.23. The zero-order valence-electron chi connectivity index (χ0n) is 10.6. The largest absolute Gasteiger partial charge is 0.381 e. The molecule has 1 aromatic rings. The molecule has 0 radical (unpaired) electrons. The number of aromatic nitrogens is 1. The molecule has 1 aliphatic rings. The van der Waals surface area contributed by atoms with Gasteiger partial charge in [-0.1, -0.05) is 0 Å². The fourth-order valence-electron chi connectivity index (χ4n) is 2.23. The van der Waals surface area contributed by atoms with E-state index in [1.807, 2.05) is 6.20 Å². The van der Waals surface area contributed by atoms with Gasteiger partial charge in [-0.15, -0.1) is 0 Å². The topological polar surface area (TPSA) is 34.1 Å². The number of hydrogen-bond acceptors (Lipinski definition) is 3. The molecule has 1 N–H and O–H groups in total. The number of nitrogens with zero attached hydrogens (tertiary/aromatic N) is 1. The third kappa shape index (κ3) is 3.42. The molecule has 94 valence electrons. The SMILES string of the molecule is Cc1cc(NC2CCOC(C)(C)C2)cnc1Br. The van der Waals surface area contributed by atoms with E-state index < -0.39 is 0 Å². The average molecular weight is 299 g/mol. The monoisotopic (exact) mass is 298 g/mol. The van der Waals surface area contributed by atoms with E-state index in [2.05, 4.69) is 53.1 Å². The lowest BCUT2D eigenvalue weighted by molar-refractivity contribution is -0.0553. The van der Waals surface area contributed by atoms with Crippen LogP contribution >= 0.6 is 15.9 Å². The summed E-state index contributed by atoms with van der Waals surface area (Å²) in [6.45, 7) is 7.17. The molecule has 0 spiro atoms. The predicted molar refractivity (Wildman–Crippen MR) is 73.3 cm³/mol. The second-order valence-electron chi connectivity index (χ2n) is 5.27. The number of nitrogens with one attached hydrogen (secondary N) is 1. The molecule has 1 aliphatic heterocycles. The summed E-state index contributed by atoms with van der Waals surface area (Å²) in [5, 5.41) is 3.54. The van der Waals surface area contributed by atoms with Gasteiger partial charge in [-0.25, -0.2) is 4.98 Å². The second-order valence-corrected chi connectivity index (χ2v) is 6.03. The van der Waals surface area contributed by atoms with Gasteiger partial charge in [0.15, 0.2) is 0 Å². The summed E-state index contributed by atoms with van der Waals surface area (Å²) < 4.78 is 6.63. The van der Waals surface area contributed by atoms with Crippen molar-refractivity contribution < 1.29 is 4.74 Å². The van der Waals surface area contributed by atoms with Gasteiger partial charge < -0.3 is 10.1 Å². The molecule has 2 rings (SSSR count). The van der Waals surface area contributed by atoms with Gasteiger partial charge >= 0.3 is 0 Å². The summed E-state index contributed by atoms with van der Waals surface area (Å²) >= 11 is 3.41. The first kappa shape index (κ1) is 12.8. The van der Waals surface area contributed by atoms with Crippen molar-refractivity contribution in [3.8, 4) is 0 Å². The van der Waals surface area contributed by atoms with Crippen molar-refractivity contribution in [3.63, 3.8) is 0 Å². The third-order valence-corrected chi connectivity index (χ3v) is 3.91. The van der Waals surface area contributed by atoms with Gasteiger partial charge in [0.25, 0.3) is 0 Å². The number of pyridine rings is 1. The number of ether oxygens (including phenoxy) is 1. The van der Waals surface area contributed by atoms with Crippen LogP contribution in [0.25, 0.3) is 0 Å². The fraction of sp³-hybridized carbons (Fsp3) is 0.615. The summed E-state index contributed by atoms with van der Waals surface area (Å²) in [6.07, 6.45) is 3.96. The van der Waals surface area contributed by atoms with Gasteiger partial charge in [-0.3, -0.25) is 0 Å². The van der Waals surface area contributed by atoms with Crippen LogP contribution in [0.5, 0.6) is 0 Å². The Labute approximate surface area is 111 Å². The van der Waals surface area contributed by atoms with Crippen LogP contribution in [-0.4, -0.2) is 23.2 Å². The lowest BCUT2D eigenvalue weighted by Crippen LogP contribution is -2.40. The molecule has 0 aromatic carbocycles. The minimum absolute atomic E-state index is 0.0201. The van der Waals surface area contributed by atoms with Crippen LogP contribution in [0, 0.1) is 6.92 Å². The maximum Gasteiger partial charge on any atom is 0.109 e. The van der Waals surface area contributed by atoms with E-state index in [-0.39, 0.29) is 5.60 Å². The molecule has 0 saturated carbocycles. The molecule has 1 fully saturated rings. The molecule has 0 amide bonds. The summed E-state index contributed by atoms with van der Waals surface area (Å²) in [7, 11) is 0. The molecule has 3 nitrogen and oxygen atoms in total. The molecule has 17 heavy (non-hydrogen) atoms. The second kappa shape index (κ2) is 4.94. The minimum atomic E-state index is -0.0201. The molecule has 1 atom stereocenters. The number of aryl methyl sites for hydroxylation is 1. The normalized spacial score (nSPS) is 23.4. The van der Waals surface area contributed by atoms with E-state index in [9.17, 15) is 0 Å². The molecule has 0 bridgehead atoms. The zero-order valence-corrected chi connectivity index (χ0v) is 12.2. The highest BCUT2D eigenvalue weighted by Gasteiger charge is 2.28. The van der Waals surface area contributed by atoms with Crippen molar-refractivity contribution in [1.82, 2.24) is 4.98 Å². The lowest BCUT2D eigenvalue weighted by Gasteiger charge is -2.36. The molecule has 1 saturated heterocycles. The van der Waals surface area contributed by atoms with E-state index in [1.54, 1.807) is 0 Å². The van der Waals surface area contributed by atoms with E-state index in [4.69, 9.17) is 4.74 Å². The summed E-state index contributed by atoms with van der Waals surface area (Å²) in [6, 6.07) is 2.60. The van der Waals surface area contributed by atoms with Gasteiger partial charge in [-0.05, 0) is 61.2 Å². The first-order valence-electron chi connectivity index (χ1n) is 5.99. The zero-order chi connectivity index (χ0) is 12.5. The number of halogens is 1. The Morgan fingerprint density at radius 1 is 1.53 bits per heavy atom. The Balaban J connectivity index is 2.03. The first-order chi connectivity index (χ1) is 7.96. The molecule has 1 aromatic heterocycles. The van der Waals surface area contributed by atoms with Crippen LogP contribution < -0.4 is 5.32 Å². The van der Waals surface area contributed by atoms with Crippen LogP contribution in [0.3, 0.4) is 0 Å². The van der Waals surface area contributed by atoms with Crippen LogP contribution in [-0.2, 0) is 4.74 Å². The van der Waals surface area contributed by atoms with E-state index in [0.29, 0.717) is 6.04 Å². The highest BCUT2D eigenvalue weighted by molar-refractivity contribution is 9.10. The van der Waals surface area contributed by atoms with Gasteiger partial charge in [0.2, 0.25) is 0 Å². The maximum atomic E-state index is 5.71. The van der Waals surface area contributed by atoms with Crippen LogP contribution in [0.2, 0.25) is 0 Å². The molecular weight excluding hydrogens is 280 g/mol. The summed E-state index contributed by atoms with van der Waals surface area (Å²) in [5.74, 6) is 0. The molecule has 4 heteroatoms. The van der Waals surface area contributed by atoms with Crippen molar-refractivity contribution in [3.05, 3.63) is 22.4 Å². The molecule has 1 unspecified atom stereocenters. The molecular formula is C13H19BrN2O. The smallest absolute Gasteiger partial charge is 0.109 e. The van der Waals surface area contributed by atoms with Gasteiger partial charge in [0.1, 0.15) is 4.60 Å². The lowest BCUT2D eigenvalue weighted by atomic mass is 9.94. The van der Waals surface area contributed by atoms with Crippen LogP contribution in [0.15, 0.2) is 16.9 Å². The van der Waals surface area contributed by atoms with Crippen molar-refractivity contribution in [2.75, 3.05) is 11.9 Å². The fourth-order valence-corrected chi connectivity index (χ4v) is 2.44. The highest BCUT2D eigenvalue weighted by atomic mass is 79.9. The van der Waals surface area contributed by atoms with Crippen LogP contribution in [0.4, 0.5) is 5.69 Å². The Hall–Kier alpha value is -0.610. The minimum Gasteiger partial charge on any atom is -0.381 e. The Morgan fingerprint density at radius 2 is 2.29 bits per heavy atom. The number of anilines is 1. The standard InChI is InChI=1S/C13H19BrN2O/c1-9-6-11(8-15-12(9)14)16-10-4-5-17-13(2,3)7-10/h6,8,10,16H,4-5,7H2,1-3H3. The quantitative estimate of drug-likeness (QED) is 0.848. The number of hydrogen-bond donors (Lipinski definition) is 1. The maximum absolute atomic E-state index is 5.71. The summed E-state index contributed by atoms with van der Waals surface area (Å²) in [4.78, 5) is 4.30. The van der Waals surface area contributed by atoms with Crippen molar-refractivity contribution in [1.29, 1.82) is 0 Å². The third-order valence-electron chi connectivity index (χ3n) is 3.08. The van der Waals surface area contributed by atoms with Crippen molar-refractivity contribution in [2.45, 2.75) is 45.3 Å². The van der Waals surface area contributed by atoms with Crippen molar-refractivity contribution in [2.24, 2.45) is 0 Å². The first-order valence-corrected chi connectivity index (χ1v) is 6.78.